The topological polar surface area (TPSA) is 36.0 Å². The zero-order valence-corrected chi connectivity index (χ0v) is 11.8. The second kappa shape index (κ2) is 5.93. The van der Waals surface area contributed by atoms with Gasteiger partial charge in [-0.2, -0.15) is 0 Å². The summed E-state index contributed by atoms with van der Waals surface area (Å²) in [6.45, 7) is 3.17. The largest absolute Gasteiger partial charge is 0.497 e. The van der Waals surface area contributed by atoms with E-state index in [4.69, 9.17) is 4.74 Å². The third kappa shape index (κ3) is 3.17. The number of rotatable bonds is 5. The van der Waals surface area contributed by atoms with Crippen molar-refractivity contribution in [1.29, 1.82) is 0 Å². The van der Waals surface area contributed by atoms with Crippen molar-refractivity contribution in [1.82, 2.24) is 9.80 Å². The molecule has 0 aromatic heterocycles. The van der Waals surface area contributed by atoms with E-state index in [1.807, 2.05) is 43.3 Å². The van der Waals surface area contributed by atoms with E-state index in [0.717, 1.165) is 37.6 Å². The van der Waals surface area contributed by atoms with Gasteiger partial charge in [0.25, 0.3) is 0 Å². The number of likely N-dealkylation sites (N-methyl/N-ethyl adjacent to an activating group) is 1. The lowest BCUT2D eigenvalue weighted by atomic mass is 10.3. The molecular formula is C14H21N3O2. The molecule has 1 heterocycles. The van der Waals surface area contributed by atoms with Crippen molar-refractivity contribution >= 4 is 11.7 Å². The molecule has 0 unspecified atom stereocenters. The Labute approximate surface area is 114 Å². The van der Waals surface area contributed by atoms with Crippen LogP contribution in [0.2, 0.25) is 0 Å². The standard InChI is InChI=1S/C14H21N3O2/c1-15(2)7-8-16-9-10-17(14(16)18)12-5-4-6-13(11-12)19-3/h4-6,11H,7-10H2,1-3H3. The number of benzene rings is 1. The van der Waals surface area contributed by atoms with Crippen molar-refractivity contribution in [3.8, 4) is 5.75 Å². The highest BCUT2D eigenvalue weighted by Gasteiger charge is 2.29. The van der Waals surface area contributed by atoms with Crippen LogP contribution in [0.15, 0.2) is 24.3 Å². The summed E-state index contributed by atoms with van der Waals surface area (Å²) in [4.78, 5) is 18.1. The van der Waals surface area contributed by atoms with E-state index in [1.54, 1.807) is 12.0 Å². The van der Waals surface area contributed by atoms with Crippen LogP contribution < -0.4 is 9.64 Å². The molecule has 1 aromatic carbocycles. The number of carbonyl (C=O) groups excluding carboxylic acids is 1. The van der Waals surface area contributed by atoms with E-state index in [-0.39, 0.29) is 6.03 Å². The van der Waals surface area contributed by atoms with Crippen molar-refractivity contribution < 1.29 is 9.53 Å². The summed E-state index contributed by atoms with van der Waals surface area (Å²) in [5.41, 5.74) is 0.900. The Bertz CT molecular complexity index is 448. The highest BCUT2D eigenvalue weighted by atomic mass is 16.5. The van der Waals surface area contributed by atoms with Gasteiger partial charge in [-0.3, -0.25) is 4.90 Å². The number of hydrogen-bond acceptors (Lipinski definition) is 3. The average molecular weight is 263 g/mol. The van der Waals surface area contributed by atoms with E-state index in [9.17, 15) is 4.79 Å². The lowest BCUT2D eigenvalue weighted by Crippen LogP contribution is -2.36. The highest BCUT2D eigenvalue weighted by Crippen LogP contribution is 2.24. The summed E-state index contributed by atoms with van der Waals surface area (Å²) in [5.74, 6) is 0.775. The molecule has 0 atom stereocenters. The van der Waals surface area contributed by atoms with E-state index >= 15 is 0 Å². The molecule has 1 aromatic rings. The van der Waals surface area contributed by atoms with Gasteiger partial charge in [-0.15, -0.1) is 0 Å². The molecule has 19 heavy (non-hydrogen) atoms. The van der Waals surface area contributed by atoms with Crippen LogP contribution in [0, 0.1) is 0 Å². The number of urea groups is 1. The van der Waals surface area contributed by atoms with Crippen LogP contribution in [0.25, 0.3) is 0 Å². The summed E-state index contributed by atoms with van der Waals surface area (Å²) in [6.07, 6.45) is 0. The first-order chi connectivity index (χ1) is 9.11. The van der Waals surface area contributed by atoms with E-state index in [2.05, 4.69) is 4.90 Å². The van der Waals surface area contributed by atoms with Gasteiger partial charge in [0.15, 0.2) is 0 Å². The van der Waals surface area contributed by atoms with Crippen LogP contribution in [0.4, 0.5) is 10.5 Å². The van der Waals surface area contributed by atoms with Crippen molar-refractivity contribution in [2.24, 2.45) is 0 Å². The molecule has 1 aliphatic rings. The van der Waals surface area contributed by atoms with E-state index < -0.39 is 0 Å². The molecule has 1 saturated heterocycles. The number of carbonyl (C=O) groups is 1. The maximum Gasteiger partial charge on any atom is 0.324 e. The SMILES string of the molecule is COc1cccc(N2CCN(CCN(C)C)C2=O)c1. The second-order valence-electron chi connectivity index (χ2n) is 4.93. The number of anilines is 1. The van der Waals surface area contributed by atoms with Gasteiger partial charge < -0.3 is 14.5 Å². The minimum Gasteiger partial charge on any atom is -0.497 e. The molecule has 0 N–H and O–H groups in total. The zero-order chi connectivity index (χ0) is 13.8. The van der Waals surface area contributed by atoms with Gasteiger partial charge in [0.1, 0.15) is 5.75 Å². The van der Waals surface area contributed by atoms with Gasteiger partial charge in [-0.1, -0.05) is 6.07 Å². The van der Waals surface area contributed by atoms with Gasteiger partial charge in [0, 0.05) is 37.9 Å². The normalized spacial score (nSPS) is 15.5. The fraction of sp³-hybridized carbons (Fsp3) is 0.500. The third-order valence-corrected chi connectivity index (χ3v) is 3.28. The Morgan fingerprint density at radius 3 is 2.79 bits per heavy atom. The number of hydrogen-bond donors (Lipinski definition) is 0. The molecule has 1 fully saturated rings. The maximum atomic E-state index is 12.3. The van der Waals surface area contributed by atoms with Crippen molar-refractivity contribution in [3.63, 3.8) is 0 Å². The molecule has 0 saturated carbocycles. The van der Waals surface area contributed by atoms with Gasteiger partial charge in [0.05, 0.1) is 7.11 Å². The molecule has 0 radical (unpaired) electrons. The minimum absolute atomic E-state index is 0.0788. The van der Waals surface area contributed by atoms with Gasteiger partial charge in [-0.05, 0) is 26.2 Å². The highest BCUT2D eigenvalue weighted by molar-refractivity contribution is 5.94. The predicted octanol–water partition coefficient (Wildman–Crippen LogP) is 1.50. The van der Waals surface area contributed by atoms with Crippen LogP contribution >= 0.6 is 0 Å². The Morgan fingerprint density at radius 2 is 2.11 bits per heavy atom. The van der Waals surface area contributed by atoms with E-state index in [0.29, 0.717) is 0 Å². The summed E-state index contributed by atoms with van der Waals surface area (Å²) in [7, 11) is 5.66. The van der Waals surface area contributed by atoms with Crippen molar-refractivity contribution in [2.45, 2.75) is 0 Å². The molecule has 1 aliphatic heterocycles. The fourth-order valence-corrected chi connectivity index (χ4v) is 2.13. The van der Waals surface area contributed by atoms with Crippen molar-refractivity contribution in [3.05, 3.63) is 24.3 Å². The molecule has 5 nitrogen and oxygen atoms in total. The average Bonchev–Trinajstić information content (AvgIpc) is 2.78. The molecule has 0 aliphatic carbocycles. The summed E-state index contributed by atoms with van der Waals surface area (Å²) in [6, 6.07) is 7.70. The quantitative estimate of drug-likeness (QED) is 0.807. The van der Waals surface area contributed by atoms with Gasteiger partial charge in [-0.25, -0.2) is 4.79 Å². The van der Waals surface area contributed by atoms with Gasteiger partial charge >= 0.3 is 6.03 Å². The van der Waals surface area contributed by atoms with Crippen LogP contribution in [0.3, 0.4) is 0 Å². The van der Waals surface area contributed by atoms with Crippen LogP contribution in [0.5, 0.6) is 5.75 Å². The molecule has 0 spiro atoms. The molecule has 5 heteroatoms. The number of nitrogens with zero attached hydrogens (tertiary/aromatic N) is 3. The minimum atomic E-state index is 0.0788. The Morgan fingerprint density at radius 1 is 1.32 bits per heavy atom. The first-order valence-electron chi connectivity index (χ1n) is 6.47. The van der Waals surface area contributed by atoms with Gasteiger partial charge in [0.2, 0.25) is 0 Å². The molecule has 2 rings (SSSR count). The van der Waals surface area contributed by atoms with Crippen molar-refractivity contribution in [2.75, 3.05) is 52.3 Å². The number of amides is 2. The Kier molecular flexibility index (Phi) is 4.27. The molecular weight excluding hydrogens is 242 g/mol. The smallest absolute Gasteiger partial charge is 0.324 e. The molecule has 2 amide bonds. The second-order valence-corrected chi connectivity index (χ2v) is 4.93. The lowest BCUT2D eigenvalue weighted by Gasteiger charge is -2.20. The van der Waals surface area contributed by atoms with Crippen LogP contribution in [-0.2, 0) is 0 Å². The third-order valence-electron chi connectivity index (χ3n) is 3.28. The van der Waals surface area contributed by atoms with Crippen LogP contribution in [-0.4, -0.2) is 63.2 Å². The predicted molar refractivity (Wildman–Crippen MR) is 75.9 cm³/mol. The molecule has 104 valence electrons. The number of ether oxygens (including phenoxy) is 1. The number of methoxy groups -OCH3 is 1. The lowest BCUT2D eigenvalue weighted by molar-refractivity contribution is 0.215. The first-order valence-corrected chi connectivity index (χ1v) is 6.47. The molecule has 0 bridgehead atoms. The Balaban J connectivity index is 2.04. The monoisotopic (exact) mass is 263 g/mol. The summed E-state index contributed by atoms with van der Waals surface area (Å²) < 4.78 is 5.20. The maximum absolute atomic E-state index is 12.3. The van der Waals surface area contributed by atoms with Crippen LogP contribution in [0.1, 0.15) is 0 Å². The summed E-state index contributed by atoms with van der Waals surface area (Å²) in [5, 5.41) is 0. The first kappa shape index (κ1) is 13.7. The zero-order valence-electron chi connectivity index (χ0n) is 11.8. The summed E-state index contributed by atoms with van der Waals surface area (Å²) >= 11 is 0. The van der Waals surface area contributed by atoms with E-state index in [1.165, 1.54) is 0 Å². The Hall–Kier alpha value is -1.75. The fourth-order valence-electron chi connectivity index (χ4n) is 2.13.